The Morgan fingerprint density at radius 3 is 2.56 bits per heavy atom. The van der Waals surface area contributed by atoms with Crippen molar-refractivity contribution in [1.82, 2.24) is 5.16 Å². The molecule has 2 aromatic carbocycles. The predicted octanol–water partition coefficient (Wildman–Crippen LogP) is 4.41. The molecule has 3 rings (SSSR count). The van der Waals surface area contributed by atoms with E-state index >= 15 is 0 Å². The fraction of sp³-hybridized carbons (Fsp3) is 0.200. The lowest BCUT2D eigenvalue weighted by Crippen LogP contribution is -2.07. The summed E-state index contributed by atoms with van der Waals surface area (Å²) in [4.78, 5) is 12.2. The maximum absolute atomic E-state index is 12.2. The van der Waals surface area contributed by atoms with Gasteiger partial charge in [-0.25, -0.2) is 4.79 Å². The second kappa shape index (κ2) is 7.66. The first-order valence-corrected chi connectivity index (χ1v) is 8.10. The topological polar surface area (TPSA) is 61.6 Å². The fourth-order valence-corrected chi connectivity index (χ4v) is 2.52. The molecule has 0 radical (unpaired) electrons. The summed E-state index contributed by atoms with van der Waals surface area (Å²) in [6, 6.07) is 17.3. The highest BCUT2D eigenvalue weighted by molar-refractivity contribution is 5.97. The average molecular weight is 337 g/mol. The minimum absolute atomic E-state index is 0.287. The van der Waals surface area contributed by atoms with Crippen molar-refractivity contribution < 1.29 is 18.8 Å². The summed E-state index contributed by atoms with van der Waals surface area (Å²) in [6.45, 7) is 4.16. The minimum atomic E-state index is -0.450. The number of rotatable bonds is 6. The van der Waals surface area contributed by atoms with Gasteiger partial charge in [-0.15, -0.1) is 0 Å². The van der Waals surface area contributed by atoms with Gasteiger partial charge in [-0.05, 0) is 31.5 Å². The third-order valence-electron chi connectivity index (χ3n) is 3.72. The number of hydrogen-bond donors (Lipinski definition) is 0. The maximum atomic E-state index is 12.2. The standard InChI is InChI=1S/C20H19NO4/c1-3-23-20(22)18-14(2)25-21-19(18)16-11-7-8-12-17(16)24-13-15-9-5-4-6-10-15/h4-12H,3,13H2,1-2H3. The van der Waals surface area contributed by atoms with Gasteiger partial charge in [-0.1, -0.05) is 47.6 Å². The van der Waals surface area contributed by atoms with E-state index in [1.165, 1.54) is 0 Å². The first-order chi connectivity index (χ1) is 12.2. The molecule has 0 atom stereocenters. The van der Waals surface area contributed by atoms with Crippen molar-refractivity contribution in [1.29, 1.82) is 0 Å². The monoisotopic (exact) mass is 337 g/mol. The van der Waals surface area contributed by atoms with Gasteiger partial charge in [-0.2, -0.15) is 0 Å². The highest BCUT2D eigenvalue weighted by atomic mass is 16.5. The Hall–Kier alpha value is -3.08. The van der Waals surface area contributed by atoms with Crippen molar-refractivity contribution in [3.8, 4) is 17.0 Å². The molecule has 1 heterocycles. The van der Waals surface area contributed by atoms with Gasteiger partial charge in [0.05, 0.1) is 6.61 Å². The molecule has 3 aromatic rings. The van der Waals surface area contributed by atoms with Crippen LogP contribution in [-0.4, -0.2) is 17.7 Å². The third kappa shape index (κ3) is 3.71. The zero-order valence-corrected chi connectivity index (χ0v) is 14.2. The lowest BCUT2D eigenvalue weighted by Gasteiger charge is -2.11. The zero-order valence-electron chi connectivity index (χ0n) is 14.2. The minimum Gasteiger partial charge on any atom is -0.488 e. The number of hydrogen-bond acceptors (Lipinski definition) is 5. The van der Waals surface area contributed by atoms with Crippen LogP contribution in [0.25, 0.3) is 11.3 Å². The van der Waals surface area contributed by atoms with E-state index in [9.17, 15) is 4.79 Å². The van der Waals surface area contributed by atoms with Crippen LogP contribution in [0.1, 0.15) is 28.6 Å². The Morgan fingerprint density at radius 1 is 1.08 bits per heavy atom. The van der Waals surface area contributed by atoms with E-state index in [1.807, 2.05) is 54.6 Å². The normalized spacial score (nSPS) is 10.5. The number of ether oxygens (including phenoxy) is 2. The molecule has 5 heteroatoms. The van der Waals surface area contributed by atoms with Gasteiger partial charge in [0, 0.05) is 5.56 Å². The highest BCUT2D eigenvalue weighted by Crippen LogP contribution is 2.33. The van der Waals surface area contributed by atoms with Crippen LogP contribution in [-0.2, 0) is 11.3 Å². The predicted molar refractivity (Wildman–Crippen MR) is 93.4 cm³/mol. The summed E-state index contributed by atoms with van der Waals surface area (Å²) < 4.78 is 16.3. The molecule has 0 unspecified atom stereocenters. The average Bonchev–Trinajstić information content (AvgIpc) is 3.03. The molecule has 128 valence electrons. The van der Waals surface area contributed by atoms with Gasteiger partial charge in [-0.3, -0.25) is 0 Å². The van der Waals surface area contributed by atoms with E-state index in [1.54, 1.807) is 13.8 Å². The van der Waals surface area contributed by atoms with Crippen LogP contribution >= 0.6 is 0 Å². The van der Waals surface area contributed by atoms with Gasteiger partial charge < -0.3 is 14.0 Å². The first kappa shape index (κ1) is 16.8. The van der Waals surface area contributed by atoms with E-state index in [-0.39, 0.29) is 6.61 Å². The molecule has 0 fully saturated rings. The second-order valence-corrected chi connectivity index (χ2v) is 5.45. The van der Waals surface area contributed by atoms with Crippen LogP contribution in [0, 0.1) is 6.92 Å². The quantitative estimate of drug-likeness (QED) is 0.624. The molecule has 0 amide bonds. The van der Waals surface area contributed by atoms with Gasteiger partial charge >= 0.3 is 5.97 Å². The molecule has 0 N–H and O–H groups in total. The van der Waals surface area contributed by atoms with Gasteiger partial charge in [0.15, 0.2) is 0 Å². The second-order valence-electron chi connectivity index (χ2n) is 5.45. The number of benzene rings is 2. The van der Waals surface area contributed by atoms with Gasteiger partial charge in [0.25, 0.3) is 0 Å². The number of carbonyl (C=O) groups is 1. The SMILES string of the molecule is CCOC(=O)c1c(-c2ccccc2OCc2ccccc2)noc1C. The molecule has 0 aliphatic rings. The van der Waals surface area contributed by atoms with Gasteiger partial charge in [0.2, 0.25) is 0 Å². The molecule has 25 heavy (non-hydrogen) atoms. The van der Waals surface area contributed by atoms with Crippen molar-refractivity contribution in [2.45, 2.75) is 20.5 Å². The number of aryl methyl sites for hydroxylation is 1. The van der Waals surface area contributed by atoms with Crippen molar-refractivity contribution >= 4 is 5.97 Å². The number of esters is 1. The Bertz CT molecular complexity index is 855. The summed E-state index contributed by atoms with van der Waals surface area (Å²) in [7, 11) is 0. The number of carbonyl (C=O) groups excluding carboxylic acids is 1. The molecular formula is C20H19NO4. The zero-order chi connectivity index (χ0) is 17.6. The Balaban J connectivity index is 1.92. The molecule has 1 aromatic heterocycles. The molecule has 0 aliphatic carbocycles. The summed E-state index contributed by atoms with van der Waals surface area (Å²) in [5.74, 6) is 0.602. The van der Waals surface area contributed by atoms with Crippen LogP contribution in [0.3, 0.4) is 0 Å². The Kier molecular flexibility index (Phi) is 5.14. The van der Waals surface area contributed by atoms with Crippen molar-refractivity contribution in [2.75, 3.05) is 6.61 Å². The summed E-state index contributed by atoms with van der Waals surface area (Å²) in [5.41, 5.74) is 2.51. The Morgan fingerprint density at radius 2 is 1.80 bits per heavy atom. The number of para-hydroxylation sites is 1. The van der Waals surface area contributed by atoms with Crippen LogP contribution in [0.2, 0.25) is 0 Å². The van der Waals surface area contributed by atoms with Crippen molar-refractivity contribution in [3.05, 3.63) is 71.5 Å². The summed E-state index contributed by atoms with van der Waals surface area (Å²) in [6.07, 6.45) is 0. The van der Waals surface area contributed by atoms with Crippen LogP contribution in [0.4, 0.5) is 0 Å². The number of aromatic nitrogens is 1. The van der Waals surface area contributed by atoms with E-state index in [0.717, 1.165) is 5.56 Å². The first-order valence-electron chi connectivity index (χ1n) is 8.10. The molecular weight excluding hydrogens is 318 g/mol. The van der Waals surface area contributed by atoms with E-state index in [4.69, 9.17) is 14.0 Å². The van der Waals surface area contributed by atoms with Gasteiger partial charge in [0.1, 0.15) is 29.4 Å². The number of nitrogens with zero attached hydrogens (tertiary/aromatic N) is 1. The van der Waals surface area contributed by atoms with Crippen molar-refractivity contribution in [3.63, 3.8) is 0 Å². The molecule has 5 nitrogen and oxygen atoms in total. The summed E-state index contributed by atoms with van der Waals surface area (Å²) in [5, 5.41) is 4.05. The Labute approximate surface area is 146 Å². The largest absolute Gasteiger partial charge is 0.488 e. The highest BCUT2D eigenvalue weighted by Gasteiger charge is 2.24. The smallest absolute Gasteiger partial charge is 0.344 e. The lowest BCUT2D eigenvalue weighted by molar-refractivity contribution is 0.0525. The van der Waals surface area contributed by atoms with Crippen LogP contribution in [0.15, 0.2) is 59.1 Å². The maximum Gasteiger partial charge on any atom is 0.344 e. The third-order valence-corrected chi connectivity index (χ3v) is 3.72. The summed E-state index contributed by atoms with van der Waals surface area (Å²) >= 11 is 0. The lowest BCUT2D eigenvalue weighted by atomic mass is 10.1. The molecule has 0 saturated carbocycles. The molecule has 0 saturated heterocycles. The van der Waals surface area contributed by atoms with E-state index in [0.29, 0.717) is 34.9 Å². The van der Waals surface area contributed by atoms with Crippen molar-refractivity contribution in [2.24, 2.45) is 0 Å². The van der Waals surface area contributed by atoms with E-state index in [2.05, 4.69) is 5.16 Å². The molecule has 0 aliphatic heterocycles. The fourth-order valence-electron chi connectivity index (χ4n) is 2.52. The molecule has 0 bridgehead atoms. The van der Waals surface area contributed by atoms with E-state index < -0.39 is 5.97 Å². The van der Waals surface area contributed by atoms with Crippen LogP contribution < -0.4 is 4.74 Å². The molecule has 0 spiro atoms. The van der Waals surface area contributed by atoms with Crippen LogP contribution in [0.5, 0.6) is 5.75 Å².